The molecule has 2 fully saturated rings. The van der Waals surface area contributed by atoms with Gasteiger partial charge in [-0.15, -0.1) is 0 Å². The molecule has 1 aromatic heterocycles. The Hall–Kier alpha value is -3.45. The van der Waals surface area contributed by atoms with Crippen molar-refractivity contribution in [1.29, 1.82) is 5.41 Å². The van der Waals surface area contributed by atoms with Gasteiger partial charge in [0.15, 0.2) is 12.4 Å². The van der Waals surface area contributed by atoms with E-state index >= 15 is 0 Å². The molecule has 40 heavy (non-hydrogen) atoms. The summed E-state index contributed by atoms with van der Waals surface area (Å²) >= 11 is 0. The number of carbonyl (C=O) groups is 1. The number of hydrogen-bond donors (Lipinski definition) is 1. The second-order valence-electron chi connectivity index (χ2n) is 10.4. The lowest BCUT2D eigenvalue weighted by Gasteiger charge is -2.32. The van der Waals surface area contributed by atoms with Crippen LogP contribution in [0.1, 0.15) is 38.1 Å². The van der Waals surface area contributed by atoms with Crippen LogP contribution in [0.15, 0.2) is 30.5 Å². The summed E-state index contributed by atoms with van der Waals surface area (Å²) in [6, 6.07) is 6.49. The average molecular weight is 563 g/mol. The molecule has 13 heteroatoms. The van der Waals surface area contributed by atoms with Crippen LogP contribution in [-0.2, 0) is 31.0 Å². The van der Waals surface area contributed by atoms with Gasteiger partial charge in [0.05, 0.1) is 24.3 Å². The van der Waals surface area contributed by atoms with Crippen molar-refractivity contribution in [1.82, 2.24) is 14.9 Å². The number of aromatic nitrogens is 2. The number of halogens is 3. The number of anilines is 3. The number of ether oxygens (including phenoxy) is 3. The first-order valence-electron chi connectivity index (χ1n) is 13.4. The zero-order chi connectivity index (χ0) is 28.5. The largest absolute Gasteiger partial charge is 0.457 e. The molecule has 2 saturated heterocycles. The molecule has 1 spiro atoms. The van der Waals surface area contributed by atoms with E-state index in [1.807, 2.05) is 24.3 Å². The third-order valence-electron chi connectivity index (χ3n) is 7.56. The van der Waals surface area contributed by atoms with E-state index in [9.17, 15) is 18.0 Å². The zero-order valence-corrected chi connectivity index (χ0v) is 22.5. The molecule has 3 aliphatic rings. The molecule has 0 aliphatic carbocycles. The number of carbonyl (C=O) groups excluding carboxylic acids is 1. The van der Waals surface area contributed by atoms with E-state index in [2.05, 4.69) is 14.9 Å². The van der Waals surface area contributed by atoms with Crippen LogP contribution in [0.25, 0.3) is 0 Å². The topological polar surface area (TPSA) is 104 Å². The lowest BCUT2D eigenvalue weighted by Crippen LogP contribution is -2.43. The molecule has 3 aliphatic heterocycles. The number of alkyl halides is 3. The predicted molar refractivity (Wildman–Crippen MR) is 141 cm³/mol. The Morgan fingerprint density at radius 3 is 2.35 bits per heavy atom. The Bertz CT molecular complexity index is 1230. The summed E-state index contributed by atoms with van der Waals surface area (Å²) < 4.78 is 55.4. The van der Waals surface area contributed by atoms with Crippen LogP contribution >= 0.6 is 0 Å². The van der Waals surface area contributed by atoms with Crippen LogP contribution in [0, 0.1) is 5.41 Å². The van der Waals surface area contributed by atoms with Crippen LogP contribution in [0.4, 0.5) is 30.4 Å². The van der Waals surface area contributed by atoms with Crippen LogP contribution in [0.3, 0.4) is 0 Å². The lowest BCUT2D eigenvalue weighted by molar-refractivity contribution is -0.142. The minimum atomic E-state index is -4.49. The molecule has 5 rings (SSSR count). The van der Waals surface area contributed by atoms with Crippen molar-refractivity contribution in [3.05, 3.63) is 41.9 Å². The molecule has 0 radical (unpaired) electrons. The van der Waals surface area contributed by atoms with Gasteiger partial charge < -0.3 is 24.0 Å². The van der Waals surface area contributed by atoms with Crippen molar-refractivity contribution in [2.24, 2.45) is 0 Å². The third-order valence-corrected chi connectivity index (χ3v) is 7.56. The number of morpholine rings is 1. The van der Waals surface area contributed by atoms with Crippen molar-refractivity contribution < 1.29 is 32.2 Å². The average Bonchev–Trinajstić information content (AvgIpc) is 3.17. The molecule has 1 aromatic carbocycles. The Morgan fingerprint density at radius 2 is 1.73 bits per heavy atom. The van der Waals surface area contributed by atoms with Crippen LogP contribution < -0.4 is 9.80 Å². The summed E-state index contributed by atoms with van der Waals surface area (Å²) in [7, 11) is 0. The van der Waals surface area contributed by atoms with Crippen molar-refractivity contribution in [3.8, 4) is 0 Å². The molecule has 0 unspecified atom stereocenters. The first kappa shape index (κ1) is 28.1. The number of fused-ring (bicyclic) bond motifs is 2. The highest BCUT2D eigenvalue weighted by Crippen LogP contribution is 2.49. The minimum absolute atomic E-state index is 0.110. The predicted octanol–water partition coefficient (Wildman–Crippen LogP) is 3.76. The molecular formula is C27H33F3N6O4. The van der Waals surface area contributed by atoms with Gasteiger partial charge in [0, 0.05) is 49.8 Å². The van der Waals surface area contributed by atoms with Crippen molar-refractivity contribution in [2.45, 2.75) is 50.9 Å². The fourth-order valence-electron chi connectivity index (χ4n) is 5.39. The molecule has 2 aromatic rings. The number of amides is 1. The first-order chi connectivity index (χ1) is 19.1. The lowest BCUT2D eigenvalue weighted by atomic mass is 9.76. The van der Waals surface area contributed by atoms with E-state index in [0.29, 0.717) is 56.3 Å². The van der Waals surface area contributed by atoms with Gasteiger partial charge in [0.25, 0.3) is 6.02 Å². The summed E-state index contributed by atoms with van der Waals surface area (Å²) in [5.74, 6) is 0.467. The van der Waals surface area contributed by atoms with Crippen molar-refractivity contribution in [3.63, 3.8) is 0 Å². The molecule has 10 nitrogen and oxygen atoms in total. The smallest absolute Gasteiger partial charge is 0.406 e. The number of nitrogens with zero attached hydrogens (tertiary/aromatic N) is 5. The standard InChI is InChI=1S/C27H33F3N6O4/c1-18(2)35(17-27(28,29)30)25(31)40-16-22-32-15-21-23(33-22)36(24(37)26(21)7-11-38-12-8-26)20-5-3-19(4-6-20)34-9-13-39-14-10-34/h3-6,15,18,31H,7-14,16-17H2,1-2H3. The molecule has 0 saturated carbocycles. The highest BCUT2D eigenvalue weighted by Gasteiger charge is 2.53. The van der Waals surface area contributed by atoms with Gasteiger partial charge in [-0.3, -0.25) is 15.1 Å². The number of hydrogen-bond acceptors (Lipinski definition) is 8. The SMILES string of the molecule is CC(C)N(CC(F)(F)F)C(=N)OCc1ncc2c(n1)N(c1ccc(N3CCOCC3)cc1)C(=O)C21CCOCC1. The third kappa shape index (κ3) is 5.57. The molecular weight excluding hydrogens is 529 g/mol. The maximum absolute atomic E-state index is 14.0. The van der Waals surface area contributed by atoms with Gasteiger partial charge in [0.1, 0.15) is 12.4 Å². The highest BCUT2D eigenvalue weighted by atomic mass is 19.4. The Morgan fingerprint density at radius 1 is 1.10 bits per heavy atom. The molecule has 0 bridgehead atoms. The van der Waals surface area contributed by atoms with Crippen molar-refractivity contribution in [2.75, 3.05) is 55.9 Å². The van der Waals surface area contributed by atoms with Crippen LogP contribution in [0.5, 0.6) is 0 Å². The fourth-order valence-corrected chi connectivity index (χ4v) is 5.39. The van der Waals surface area contributed by atoms with E-state index in [4.69, 9.17) is 19.6 Å². The molecule has 1 amide bonds. The first-order valence-corrected chi connectivity index (χ1v) is 13.4. The molecule has 1 N–H and O–H groups in total. The van der Waals surface area contributed by atoms with Gasteiger partial charge in [-0.1, -0.05) is 0 Å². The summed E-state index contributed by atoms with van der Waals surface area (Å²) in [5.41, 5.74) is 1.56. The van der Waals surface area contributed by atoms with E-state index in [1.165, 1.54) is 0 Å². The second kappa shape index (κ2) is 11.2. The highest BCUT2D eigenvalue weighted by molar-refractivity contribution is 6.12. The van der Waals surface area contributed by atoms with E-state index < -0.39 is 30.2 Å². The van der Waals surface area contributed by atoms with Gasteiger partial charge in [-0.2, -0.15) is 13.2 Å². The number of nitrogens with one attached hydrogen (secondary N) is 1. The molecule has 0 atom stereocenters. The van der Waals surface area contributed by atoms with Crippen LogP contribution in [0.2, 0.25) is 0 Å². The Balaban J connectivity index is 1.41. The van der Waals surface area contributed by atoms with Gasteiger partial charge in [-0.25, -0.2) is 9.97 Å². The number of benzene rings is 1. The second-order valence-corrected chi connectivity index (χ2v) is 10.4. The van der Waals surface area contributed by atoms with E-state index in [0.717, 1.165) is 23.7 Å². The van der Waals surface area contributed by atoms with E-state index in [-0.39, 0.29) is 18.3 Å². The monoisotopic (exact) mass is 562 g/mol. The minimum Gasteiger partial charge on any atom is -0.457 e. The summed E-state index contributed by atoms with van der Waals surface area (Å²) in [5, 5.41) is 8.08. The van der Waals surface area contributed by atoms with Crippen molar-refractivity contribution >= 4 is 29.1 Å². The fraction of sp³-hybridized carbons (Fsp3) is 0.556. The summed E-state index contributed by atoms with van der Waals surface area (Å²) in [6.07, 6.45) is -1.90. The van der Waals surface area contributed by atoms with Gasteiger partial charge >= 0.3 is 6.18 Å². The number of amidine groups is 1. The summed E-state index contributed by atoms with van der Waals surface area (Å²) in [4.78, 5) is 27.6. The van der Waals surface area contributed by atoms with Gasteiger partial charge in [0.2, 0.25) is 5.91 Å². The zero-order valence-electron chi connectivity index (χ0n) is 22.5. The van der Waals surface area contributed by atoms with E-state index in [1.54, 1.807) is 24.9 Å². The molecule has 4 heterocycles. The summed E-state index contributed by atoms with van der Waals surface area (Å²) in [6.45, 7) is 5.25. The Kier molecular flexibility index (Phi) is 7.87. The maximum Gasteiger partial charge on any atom is 0.406 e. The van der Waals surface area contributed by atoms with Gasteiger partial charge in [-0.05, 0) is 51.0 Å². The quantitative estimate of drug-likeness (QED) is 0.419. The Labute approximate surface area is 230 Å². The van der Waals surface area contributed by atoms with Crippen LogP contribution in [-0.4, -0.2) is 85.1 Å². The number of rotatable bonds is 6. The normalized spacial score (nSPS) is 18.8. The molecule has 216 valence electrons. The maximum atomic E-state index is 14.0.